The van der Waals surface area contributed by atoms with E-state index in [4.69, 9.17) is 15.2 Å². The van der Waals surface area contributed by atoms with Gasteiger partial charge in [0.05, 0.1) is 5.39 Å². The lowest BCUT2D eigenvalue weighted by Crippen LogP contribution is -2.42. The molecule has 2 aromatic rings. The zero-order chi connectivity index (χ0) is 34.2. The van der Waals surface area contributed by atoms with Crippen LogP contribution in [0.3, 0.4) is 0 Å². The second kappa shape index (κ2) is 15.8. The fourth-order valence-corrected chi connectivity index (χ4v) is 6.08. The molecule has 2 aromatic heterocycles. The molecule has 0 radical (unpaired) electrons. The number of hydrogen-bond donors (Lipinski definition) is 1. The number of anilines is 1. The number of nitrogens with zero attached hydrogens (tertiary/aromatic N) is 5. The third kappa shape index (κ3) is 10.2. The first-order valence-corrected chi connectivity index (χ1v) is 16.9. The maximum Gasteiger partial charge on any atom is 0.410 e. The lowest BCUT2D eigenvalue weighted by atomic mass is 10.1. The highest BCUT2D eigenvalue weighted by Gasteiger charge is 2.32. The van der Waals surface area contributed by atoms with E-state index >= 15 is 0 Å². The van der Waals surface area contributed by atoms with Gasteiger partial charge in [0.1, 0.15) is 29.0 Å². The minimum Gasteiger partial charge on any atom is -0.444 e. The number of nitrogens with two attached hydrogens (primary N) is 1. The van der Waals surface area contributed by atoms with Crippen molar-refractivity contribution < 1.29 is 19.1 Å². The van der Waals surface area contributed by atoms with Crippen LogP contribution in [0.15, 0.2) is 30.2 Å². The predicted molar refractivity (Wildman–Crippen MR) is 187 cm³/mol. The number of nitrogen functional groups attached to an aromatic ring is 1. The van der Waals surface area contributed by atoms with Gasteiger partial charge in [0, 0.05) is 44.0 Å². The third-order valence-corrected chi connectivity index (χ3v) is 8.61. The number of allylic oxidation sites excluding steroid dienone is 3. The van der Waals surface area contributed by atoms with Crippen LogP contribution in [0.5, 0.6) is 0 Å². The molecule has 2 atom stereocenters. The van der Waals surface area contributed by atoms with E-state index < -0.39 is 11.2 Å². The zero-order valence-corrected chi connectivity index (χ0v) is 30.0. The molecule has 46 heavy (non-hydrogen) atoms. The molecule has 0 aliphatic heterocycles. The van der Waals surface area contributed by atoms with Gasteiger partial charge in [0.15, 0.2) is 0 Å². The van der Waals surface area contributed by atoms with Crippen LogP contribution in [0.25, 0.3) is 16.6 Å². The van der Waals surface area contributed by atoms with Crippen LogP contribution in [-0.4, -0.2) is 73.9 Å². The van der Waals surface area contributed by atoms with Crippen LogP contribution in [0.4, 0.5) is 15.4 Å². The fourth-order valence-electron chi connectivity index (χ4n) is 6.08. The molecule has 2 heterocycles. The molecule has 0 spiro atoms. The van der Waals surface area contributed by atoms with Gasteiger partial charge in [-0.3, -0.25) is 0 Å². The standard InChI is InChI=1S/C36H58N6O4/c1-11-25(4)29-23-42(32-30(29)31(37)38-24-39-32)28-16-15-27(21-28)22-41(34(44)46-36(8,9)10)19-14-18-40(20-17-26(12-2)13-3)33(43)45-35(5,6)7/h11-12,23-24,27-28H,13-22H2,1-10H3,(H2,37,38,39)/b25-11+,26-12+. The van der Waals surface area contributed by atoms with Crippen molar-refractivity contribution in [3.05, 3.63) is 35.8 Å². The molecule has 1 fully saturated rings. The number of carbonyl (C=O) groups is 2. The minimum absolute atomic E-state index is 0.239. The summed E-state index contributed by atoms with van der Waals surface area (Å²) in [5.74, 6) is 0.784. The molecule has 1 saturated carbocycles. The van der Waals surface area contributed by atoms with Gasteiger partial charge >= 0.3 is 12.2 Å². The largest absolute Gasteiger partial charge is 0.444 e. The Kier molecular flexibility index (Phi) is 12.7. The van der Waals surface area contributed by atoms with Crippen LogP contribution in [0, 0.1) is 5.92 Å². The summed E-state index contributed by atoms with van der Waals surface area (Å²) < 4.78 is 13.8. The van der Waals surface area contributed by atoms with E-state index in [0.717, 1.165) is 54.3 Å². The SMILES string of the molecule is C/C=C(\CC)CCN(CCCN(CC1CCC(n2cc(/C(C)=C/C)c3c(N)ncnc32)C1)C(=O)OC(C)(C)C)C(=O)OC(C)(C)C. The van der Waals surface area contributed by atoms with Gasteiger partial charge in [-0.2, -0.15) is 0 Å². The van der Waals surface area contributed by atoms with E-state index in [1.807, 2.05) is 60.3 Å². The van der Waals surface area contributed by atoms with Crippen molar-refractivity contribution in [1.29, 1.82) is 0 Å². The zero-order valence-electron chi connectivity index (χ0n) is 30.0. The molecule has 1 aliphatic rings. The number of aromatic nitrogens is 3. The van der Waals surface area contributed by atoms with Gasteiger partial charge in [-0.05, 0) is 112 Å². The Morgan fingerprint density at radius 2 is 1.61 bits per heavy atom. The maximum atomic E-state index is 13.5. The Labute approximate surface area is 276 Å². The number of hydrogen-bond acceptors (Lipinski definition) is 7. The van der Waals surface area contributed by atoms with Crippen LogP contribution >= 0.6 is 0 Å². The molecule has 1 aliphatic carbocycles. The lowest BCUT2D eigenvalue weighted by Gasteiger charge is -2.31. The number of rotatable bonds is 12. The van der Waals surface area contributed by atoms with E-state index in [0.29, 0.717) is 44.3 Å². The average molecular weight is 639 g/mol. The van der Waals surface area contributed by atoms with Crippen LogP contribution in [0.2, 0.25) is 0 Å². The van der Waals surface area contributed by atoms with Crippen LogP contribution in [0.1, 0.15) is 119 Å². The second-order valence-electron chi connectivity index (χ2n) is 14.5. The molecular formula is C36H58N6O4. The predicted octanol–water partition coefficient (Wildman–Crippen LogP) is 8.39. The van der Waals surface area contributed by atoms with Crippen molar-refractivity contribution in [2.75, 3.05) is 31.9 Å². The molecule has 0 saturated heterocycles. The topological polar surface area (TPSA) is 116 Å². The first-order chi connectivity index (χ1) is 21.6. The summed E-state index contributed by atoms with van der Waals surface area (Å²) in [6.45, 7) is 21.7. The van der Waals surface area contributed by atoms with Crippen molar-refractivity contribution in [3.63, 3.8) is 0 Å². The smallest absolute Gasteiger partial charge is 0.410 e. The normalized spacial score (nSPS) is 17.8. The van der Waals surface area contributed by atoms with Gasteiger partial charge in [0.2, 0.25) is 0 Å². The minimum atomic E-state index is -0.607. The van der Waals surface area contributed by atoms with Crippen molar-refractivity contribution in [3.8, 4) is 0 Å². The quantitative estimate of drug-likeness (QED) is 0.232. The van der Waals surface area contributed by atoms with Crippen molar-refractivity contribution in [1.82, 2.24) is 24.3 Å². The number of fused-ring (bicyclic) bond motifs is 1. The van der Waals surface area contributed by atoms with Crippen LogP contribution in [-0.2, 0) is 9.47 Å². The molecule has 3 rings (SSSR count). The van der Waals surface area contributed by atoms with Gasteiger partial charge in [0.25, 0.3) is 0 Å². The van der Waals surface area contributed by atoms with Crippen molar-refractivity contribution >= 4 is 34.6 Å². The molecule has 10 heteroatoms. The number of amides is 2. The second-order valence-corrected chi connectivity index (χ2v) is 14.5. The third-order valence-electron chi connectivity index (χ3n) is 8.61. The molecule has 2 unspecified atom stereocenters. The van der Waals surface area contributed by atoms with Crippen molar-refractivity contribution in [2.45, 2.75) is 125 Å². The Bertz CT molecular complexity index is 1400. The Morgan fingerprint density at radius 1 is 0.978 bits per heavy atom. The van der Waals surface area contributed by atoms with Crippen LogP contribution < -0.4 is 5.73 Å². The summed E-state index contributed by atoms with van der Waals surface area (Å²) in [5, 5.41) is 0.895. The molecular weight excluding hydrogens is 580 g/mol. The Hall–Kier alpha value is -3.56. The van der Waals surface area contributed by atoms with Gasteiger partial charge < -0.3 is 29.6 Å². The van der Waals surface area contributed by atoms with E-state index in [-0.39, 0.29) is 18.2 Å². The van der Waals surface area contributed by atoms with E-state index in [1.165, 1.54) is 11.9 Å². The van der Waals surface area contributed by atoms with Gasteiger partial charge in [-0.1, -0.05) is 24.6 Å². The molecule has 256 valence electrons. The van der Waals surface area contributed by atoms with E-state index in [9.17, 15) is 9.59 Å². The number of ether oxygens (including phenoxy) is 2. The van der Waals surface area contributed by atoms with E-state index in [1.54, 1.807) is 4.90 Å². The average Bonchev–Trinajstić information content (AvgIpc) is 3.59. The van der Waals surface area contributed by atoms with Gasteiger partial charge in [-0.15, -0.1) is 0 Å². The van der Waals surface area contributed by atoms with Crippen molar-refractivity contribution in [2.24, 2.45) is 5.92 Å². The fraction of sp³-hybridized carbons (Fsp3) is 0.667. The molecule has 2 N–H and O–H groups in total. The summed E-state index contributed by atoms with van der Waals surface area (Å²) in [6.07, 6.45) is 12.5. The Morgan fingerprint density at radius 3 is 2.20 bits per heavy atom. The van der Waals surface area contributed by atoms with Gasteiger partial charge in [-0.25, -0.2) is 19.6 Å². The molecule has 10 nitrogen and oxygen atoms in total. The highest BCUT2D eigenvalue weighted by molar-refractivity contribution is 5.97. The summed E-state index contributed by atoms with van der Waals surface area (Å²) >= 11 is 0. The lowest BCUT2D eigenvalue weighted by molar-refractivity contribution is 0.0186. The molecule has 0 aromatic carbocycles. The summed E-state index contributed by atoms with van der Waals surface area (Å²) in [5.41, 5.74) is 9.47. The highest BCUT2D eigenvalue weighted by Crippen LogP contribution is 2.40. The summed E-state index contributed by atoms with van der Waals surface area (Å²) in [6, 6.07) is 0.239. The van der Waals surface area contributed by atoms with E-state index in [2.05, 4.69) is 46.7 Å². The first-order valence-electron chi connectivity index (χ1n) is 16.9. The first kappa shape index (κ1) is 36.9. The summed E-state index contributed by atoms with van der Waals surface area (Å²) in [7, 11) is 0. The maximum absolute atomic E-state index is 13.5. The number of carbonyl (C=O) groups excluding carboxylic acids is 2. The molecule has 0 bridgehead atoms. The highest BCUT2D eigenvalue weighted by atomic mass is 16.6. The Balaban J connectivity index is 1.75. The molecule has 2 amide bonds. The summed E-state index contributed by atoms with van der Waals surface area (Å²) in [4.78, 5) is 39.1. The monoisotopic (exact) mass is 638 g/mol.